The minimum absolute atomic E-state index is 0.0500. The molecule has 5 aliphatic rings. The number of benzene rings is 1. The van der Waals surface area contributed by atoms with Crippen molar-refractivity contribution in [3.8, 4) is 11.5 Å². The average molecular weight is 788 g/mol. The lowest BCUT2D eigenvalue weighted by Crippen LogP contribution is -2.58. The highest BCUT2D eigenvalue weighted by Gasteiger charge is 2.64. The topological polar surface area (TPSA) is 202 Å². The van der Waals surface area contributed by atoms with Gasteiger partial charge in [0.05, 0.1) is 29.6 Å². The summed E-state index contributed by atoms with van der Waals surface area (Å²) in [6.07, 6.45) is 11.4. The predicted octanol–water partition coefficient (Wildman–Crippen LogP) is 3.39. The summed E-state index contributed by atoms with van der Waals surface area (Å²) in [5.74, 6) is -1.42. The van der Waals surface area contributed by atoms with Crippen LogP contribution in [0.1, 0.15) is 99.8 Å². The highest BCUT2D eigenvalue weighted by Crippen LogP contribution is 2.49. The second kappa shape index (κ2) is 14.2. The Labute approximate surface area is 325 Å². The van der Waals surface area contributed by atoms with E-state index in [0.717, 1.165) is 35.0 Å². The fourth-order valence-corrected chi connectivity index (χ4v) is 9.87. The number of amides is 4. The second-order valence-corrected chi connectivity index (χ2v) is 18.5. The molecule has 16 heteroatoms. The van der Waals surface area contributed by atoms with Gasteiger partial charge in [-0.2, -0.15) is 5.10 Å². The number of aromatic nitrogens is 3. The highest BCUT2D eigenvalue weighted by molar-refractivity contribution is 7.91. The molecule has 3 aliphatic heterocycles. The summed E-state index contributed by atoms with van der Waals surface area (Å²) in [4.78, 5) is 63.3. The van der Waals surface area contributed by atoms with Crippen molar-refractivity contribution in [1.29, 1.82) is 0 Å². The summed E-state index contributed by atoms with van der Waals surface area (Å²) >= 11 is 0. The van der Waals surface area contributed by atoms with Gasteiger partial charge in [0, 0.05) is 29.5 Å². The molecule has 0 unspecified atom stereocenters. The van der Waals surface area contributed by atoms with E-state index in [-0.39, 0.29) is 25.1 Å². The van der Waals surface area contributed by atoms with Crippen molar-refractivity contribution < 1.29 is 37.1 Å². The van der Waals surface area contributed by atoms with Gasteiger partial charge in [0.15, 0.2) is 0 Å². The summed E-state index contributed by atoms with van der Waals surface area (Å²) < 4.78 is 40.2. The fourth-order valence-electron chi connectivity index (χ4n) is 8.56. The van der Waals surface area contributed by atoms with Crippen molar-refractivity contribution in [2.45, 2.75) is 119 Å². The number of rotatable bonds is 7. The fraction of sp³-hybridized carbons (Fsp3) is 0.550. The number of allylic oxidation sites excluding steroid dienone is 1. The van der Waals surface area contributed by atoms with Gasteiger partial charge in [-0.25, -0.2) is 13.4 Å². The number of ether oxygens (including phenoxy) is 2. The first-order valence-electron chi connectivity index (χ1n) is 19.7. The lowest BCUT2D eigenvalue weighted by atomic mass is 9.87. The van der Waals surface area contributed by atoms with Crippen molar-refractivity contribution in [1.82, 2.24) is 35.4 Å². The molecule has 1 aromatic carbocycles. The van der Waals surface area contributed by atoms with Crippen LogP contribution in [0.5, 0.6) is 11.5 Å². The molecule has 1 spiro atoms. The number of fused-ring (bicyclic) bond motifs is 5. The Morgan fingerprint density at radius 2 is 1.93 bits per heavy atom. The van der Waals surface area contributed by atoms with Crippen LogP contribution in [0.15, 0.2) is 42.6 Å². The molecule has 0 bridgehead atoms. The lowest BCUT2D eigenvalue weighted by Gasteiger charge is -2.37. The smallest absolute Gasteiger partial charge is 0.269 e. The second-order valence-electron chi connectivity index (χ2n) is 16.3. The Kier molecular flexibility index (Phi) is 9.61. The molecule has 3 fully saturated rings. The van der Waals surface area contributed by atoms with Crippen LogP contribution in [-0.4, -0.2) is 93.8 Å². The van der Waals surface area contributed by atoms with Crippen LogP contribution in [-0.2, 0) is 37.2 Å². The summed E-state index contributed by atoms with van der Waals surface area (Å²) in [5, 5.41) is 13.3. The number of hydrogen-bond acceptors (Lipinski definition) is 10. The van der Waals surface area contributed by atoms with Crippen LogP contribution >= 0.6 is 0 Å². The van der Waals surface area contributed by atoms with Crippen LogP contribution in [0, 0.1) is 5.92 Å². The maximum absolute atomic E-state index is 14.8. The number of hydrogen-bond donors (Lipinski definition) is 4. The predicted molar refractivity (Wildman–Crippen MR) is 205 cm³/mol. The molecule has 3 aromatic rings. The van der Waals surface area contributed by atoms with Crippen molar-refractivity contribution in [2.75, 3.05) is 13.7 Å². The third-order valence-electron chi connectivity index (χ3n) is 12.5. The molecule has 4 amide bonds. The first-order chi connectivity index (χ1) is 26.8. The van der Waals surface area contributed by atoms with Crippen LogP contribution in [0.25, 0.3) is 10.9 Å². The quantitative estimate of drug-likeness (QED) is 0.257. The van der Waals surface area contributed by atoms with E-state index in [1.165, 1.54) is 17.2 Å². The third kappa shape index (κ3) is 6.79. The van der Waals surface area contributed by atoms with E-state index >= 15 is 0 Å². The van der Waals surface area contributed by atoms with Gasteiger partial charge in [-0.3, -0.25) is 29.0 Å². The number of carbonyl (C=O) groups excluding carboxylic acids is 4. The first-order valence-corrected chi connectivity index (χ1v) is 21.1. The lowest BCUT2D eigenvalue weighted by molar-refractivity contribution is -0.141. The number of nitrogens with one attached hydrogen (secondary N) is 4. The molecule has 15 nitrogen and oxygen atoms in total. The molecule has 56 heavy (non-hydrogen) atoms. The summed E-state index contributed by atoms with van der Waals surface area (Å²) in [6.45, 7) is 3.65. The van der Waals surface area contributed by atoms with E-state index in [1.807, 2.05) is 37.3 Å². The van der Waals surface area contributed by atoms with Gasteiger partial charge in [-0.1, -0.05) is 31.9 Å². The zero-order valence-corrected chi connectivity index (χ0v) is 32.8. The van der Waals surface area contributed by atoms with E-state index in [2.05, 4.69) is 25.6 Å². The van der Waals surface area contributed by atoms with Crippen LogP contribution in [0.3, 0.4) is 0 Å². The summed E-state index contributed by atoms with van der Waals surface area (Å²) in [7, 11) is -2.38. The zero-order chi connectivity index (χ0) is 39.5. The third-order valence-corrected chi connectivity index (χ3v) is 14.6. The maximum Gasteiger partial charge on any atom is 0.269 e. The molecular weight excluding hydrogens is 739 g/mol. The largest absolute Gasteiger partial charge is 0.497 e. The Hall–Kier alpha value is -4.99. The Morgan fingerprint density at radius 3 is 2.66 bits per heavy atom. The van der Waals surface area contributed by atoms with E-state index in [1.54, 1.807) is 14.0 Å². The average Bonchev–Trinajstić information content (AvgIpc) is 3.96. The summed E-state index contributed by atoms with van der Waals surface area (Å²) in [6, 6.07) is 5.20. The minimum Gasteiger partial charge on any atom is -0.497 e. The van der Waals surface area contributed by atoms with Gasteiger partial charge in [-0.05, 0) is 89.0 Å². The molecule has 8 rings (SSSR count). The highest BCUT2D eigenvalue weighted by atomic mass is 32.2. The Morgan fingerprint density at radius 1 is 1.11 bits per heavy atom. The molecule has 0 radical (unpaired) electrons. The molecule has 2 aliphatic carbocycles. The Bertz CT molecular complexity index is 2220. The molecule has 2 saturated carbocycles. The number of nitrogens with zero attached hydrogens (tertiary/aromatic N) is 3. The minimum atomic E-state index is -3.99. The van der Waals surface area contributed by atoms with Gasteiger partial charge >= 0.3 is 0 Å². The number of pyridine rings is 1. The molecule has 298 valence electrons. The van der Waals surface area contributed by atoms with Gasteiger partial charge in [0.1, 0.15) is 40.4 Å². The van der Waals surface area contributed by atoms with E-state index < -0.39 is 67.5 Å². The van der Waals surface area contributed by atoms with Crippen LogP contribution in [0.2, 0.25) is 0 Å². The number of aryl methyl sites for hydroxylation is 2. The standard InChI is InChI=1S/C40H49N7O8S/c1-4-28-33-26(27-20-25(54-3)12-13-29(27)42-28)14-16-39(55-33)22-32-35(49)44-40(37(51)46-56(52,53)38(2)17-18-38)21-24(40)10-8-6-5-7-9-11-31(36(50)47(32)23-39)43-34(48)30-15-19-41-45-30/h8,10,12-13,15,19-20,24,31-32H,4-7,9,11,14,16-18,21-23H2,1-3H3,(H,41,45)(H,43,48)(H,44,49)(H,46,51)/t24-,31+,32+,39-,40-/m1/s1. The molecule has 2 aromatic heterocycles. The number of methoxy groups -OCH3 is 1. The van der Waals surface area contributed by atoms with E-state index in [9.17, 15) is 27.6 Å². The summed E-state index contributed by atoms with van der Waals surface area (Å²) in [5.41, 5.74) is 0.256. The van der Waals surface area contributed by atoms with Gasteiger partial charge < -0.3 is 25.0 Å². The van der Waals surface area contributed by atoms with Gasteiger partial charge in [0.2, 0.25) is 21.8 Å². The number of aromatic amines is 1. The van der Waals surface area contributed by atoms with Crippen molar-refractivity contribution in [3.05, 3.63) is 59.6 Å². The molecule has 5 heterocycles. The SMILES string of the molecule is CCc1nc2ccc(OC)cc2c2c1O[C@]1(CC2)C[C@H]2C(=O)N[C@]3(C(=O)NS(=O)(=O)C4(C)CC4)C[C@H]3C=CCCCCC[C@H](NC(=O)c3ccn[nH]3)C(=O)N2C1. The number of H-pyrrole nitrogens is 1. The van der Waals surface area contributed by atoms with Gasteiger partial charge in [0.25, 0.3) is 11.8 Å². The number of carbonyl (C=O) groups is 4. The Balaban J connectivity index is 1.15. The molecule has 4 N–H and O–H groups in total. The molecule has 5 atom stereocenters. The van der Waals surface area contributed by atoms with Crippen molar-refractivity contribution in [3.63, 3.8) is 0 Å². The van der Waals surface area contributed by atoms with Crippen LogP contribution in [0.4, 0.5) is 0 Å². The normalized spacial score (nSPS) is 28.5. The maximum atomic E-state index is 14.8. The van der Waals surface area contributed by atoms with Gasteiger partial charge in [-0.15, -0.1) is 0 Å². The number of sulfonamides is 1. The molecular formula is C40H49N7O8S. The van der Waals surface area contributed by atoms with Crippen LogP contribution < -0.4 is 24.8 Å². The first kappa shape index (κ1) is 37.9. The zero-order valence-electron chi connectivity index (χ0n) is 32.0. The monoisotopic (exact) mass is 787 g/mol. The van der Waals surface area contributed by atoms with E-state index in [4.69, 9.17) is 14.5 Å². The molecule has 1 saturated heterocycles. The van der Waals surface area contributed by atoms with Crippen molar-refractivity contribution in [2.24, 2.45) is 5.92 Å². The van der Waals surface area contributed by atoms with E-state index in [0.29, 0.717) is 62.9 Å². The van der Waals surface area contributed by atoms with Crippen molar-refractivity contribution >= 4 is 44.6 Å².